The molecule has 0 heterocycles. The van der Waals surface area contributed by atoms with E-state index in [0.717, 1.165) is 12.1 Å². The smallest absolute Gasteiger partial charge is 0.465 e. The first-order valence-corrected chi connectivity index (χ1v) is 9.16. The molecule has 0 aromatic heterocycles. The molecule has 1 unspecified atom stereocenters. The van der Waals surface area contributed by atoms with Crippen LogP contribution in [0.5, 0.6) is 17.2 Å². The summed E-state index contributed by atoms with van der Waals surface area (Å²) in [7, 11) is -4.63. The van der Waals surface area contributed by atoms with E-state index in [1.165, 1.54) is 24.3 Å². The van der Waals surface area contributed by atoms with Crippen molar-refractivity contribution in [2.24, 2.45) is 0 Å². The maximum Gasteiger partial charge on any atom is 0.573 e. The molecule has 10 heteroatoms. The van der Waals surface area contributed by atoms with Crippen molar-refractivity contribution in [1.82, 2.24) is 0 Å². The van der Waals surface area contributed by atoms with E-state index in [1.807, 2.05) is 0 Å². The van der Waals surface area contributed by atoms with Gasteiger partial charge in [-0.15, -0.1) is 13.2 Å². The molecule has 0 amide bonds. The van der Waals surface area contributed by atoms with Crippen LogP contribution < -0.4 is 13.7 Å². The molecule has 0 aliphatic heterocycles. The number of benzene rings is 2. The number of ether oxygens (including phenoxy) is 2. The molecule has 2 aromatic rings. The Balaban J connectivity index is 2.35. The minimum Gasteiger partial charge on any atom is -0.465 e. The number of aryl methyl sites for hydroxylation is 1. The Morgan fingerprint density at radius 3 is 2.37 bits per heavy atom. The summed E-state index contributed by atoms with van der Waals surface area (Å²) in [5.74, 6) is -0.944. The Kier molecular flexibility index (Phi) is 6.22. The molecule has 27 heavy (non-hydrogen) atoms. The number of halogens is 3. The fourth-order valence-electron chi connectivity index (χ4n) is 2.11. The zero-order valence-electron chi connectivity index (χ0n) is 14.4. The van der Waals surface area contributed by atoms with E-state index in [0.29, 0.717) is 12.0 Å². The summed E-state index contributed by atoms with van der Waals surface area (Å²) in [6, 6.07) is 8.34. The Bertz CT molecular complexity index is 896. The standard InChI is InChI=1S/C17H17F3O6S/c1-3-16(21)24-12-8-11(2)9-13(10-12)26-27(22,23)15-7-5-4-6-14(15)25-17(18,19)20/h4-10,16,21H,3H2,1-2H3. The molecule has 0 saturated carbocycles. The number of para-hydroxylation sites is 1. The molecule has 0 fully saturated rings. The van der Waals surface area contributed by atoms with Gasteiger partial charge in [0.05, 0.1) is 0 Å². The van der Waals surface area contributed by atoms with Crippen LogP contribution in [0.3, 0.4) is 0 Å². The molecule has 148 valence electrons. The third-order valence-electron chi connectivity index (χ3n) is 3.20. The molecule has 2 aromatic carbocycles. The minimum atomic E-state index is -5.06. The van der Waals surface area contributed by atoms with Gasteiger partial charge in [-0.1, -0.05) is 19.1 Å². The lowest BCUT2D eigenvalue weighted by atomic mass is 10.2. The van der Waals surface area contributed by atoms with Crippen molar-refractivity contribution in [3.8, 4) is 17.2 Å². The van der Waals surface area contributed by atoms with E-state index < -0.39 is 33.4 Å². The van der Waals surface area contributed by atoms with Crippen LogP contribution in [0, 0.1) is 6.92 Å². The highest BCUT2D eigenvalue weighted by Crippen LogP contribution is 2.32. The van der Waals surface area contributed by atoms with Crippen LogP contribution in [0.2, 0.25) is 0 Å². The minimum absolute atomic E-state index is 0.148. The Morgan fingerprint density at radius 1 is 1.11 bits per heavy atom. The van der Waals surface area contributed by atoms with Crippen molar-refractivity contribution in [2.45, 2.75) is 37.8 Å². The number of aliphatic hydroxyl groups is 1. The molecule has 1 N–H and O–H groups in total. The monoisotopic (exact) mass is 406 g/mol. The van der Waals surface area contributed by atoms with Gasteiger partial charge >= 0.3 is 16.5 Å². The largest absolute Gasteiger partial charge is 0.573 e. The summed E-state index contributed by atoms with van der Waals surface area (Å²) in [4.78, 5) is -0.778. The average Bonchev–Trinajstić information content (AvgIpc) is 2.52. The predicted molar refractivity (Wildman–Crippen MR) is 89.0 cm³/mol. The van der Waals surface area contributed by atoms with Gasteiger partial charge < -0.3 is 18.8 Å². The molecule has 0 spiro atoms. The summed E-state index contributed by atoms with van der Waals surface area (Å²) in [6.45, 7) is 3.31. The second-order valence-electron chi connectivity index (χ2n) is 5.49. The second kappa shape index (κ2) is 8.05. The van der Waals surface area contributed by atoms with E-state index in [1.54, 1.807) is 19.9 Å². The lowest BCUT2D eigenvalue weighted by Crippen LogP contribution is -2.20. The third kappa shape index (κ3) is 6.04. The van der Waals surface area contributed by atoms with Crippen LogP contribution in [-0.2, 0) is 10.1 Å². The van der Waals surface area contributed by atoms with E-state index in [-0.39, 0.29) is 11.5 Å². The van der Waals surface area contributed by atoms with Crippen molar-refractivity contribution in [1.29, 1.82) is 0 Å². The van der Waals surface area contributed by atoms with Gasteiger partial charge in [-0.25, -0.2) is 0 Å². The number of alkyl halides is 3. The third-order valence-corrected chi connectivity index (χ3v) is 4.48. The average molecular weight is 406 g/mol. The number of rotatable bonds is 7. The highest BCUT2D eigenvalue weighted by Gasteiger charge is 2.34. The Labute approximate surface area is 154 Å². The molecule has 0 aliphatic carbocycles. The van der Waals surface area contributed by atoms with Crippen molar-refractivity contribution < 1.29 is 40.4 Å². The molecule has 1 atom stereocenters. The molecule has 0 bridgehead atoms. The first-order valence-electron chi connectivity index (χ1n) is 7.76. The van der Waals surface area contributed by atoms with Gasteiger partial charge in [-0.05, 0) is 36.8 Å². The van der Waals surface area contributed by atoms with Crippen molar-refractivity contribution in [2.75, 3.05) is 0 Å². The van der Waals surface area contributed by atoms with E-state index >= 15 is 0 Å². The summed E-state index contributed by atoms with van der Waals surface area (Å²) in [5.41, 5.74) is 0.556. The molecule has 2 rings (SSSR count). The highest BCUT2D eigenvalue weighted by atomic mass is 32.2. The van der Waals surface area contributed by atoms with E-state index in [4.69, 9.17) is 8.92 Å². The molecular formula is C17H17F3O6S. The highest BCUT2D eigenvalue weighted by molar-refractivity contribution is 7.87. The van der Waals surface area contributed by atoms with Gasteiger partial charge in [-0.2, -0.15) is 8.42 Å². The topological polar surface area (TPSA) is 82.1 Å². The van der Waals surface area contributed by atoms with Gasteiger partial charge in [0, 0.05) is 12.5 Å². The summed E-state index contributed by atoms with van der Waals surface area (Å²) in [6.07, 6.45) is -5.87. The number of aliphatic hydroxyl groups excluding tert-OH is 1. The lowest BCUT2D eigenvalue weighted by molar-refractivity contribution is -0.275. The van der Waals surface area contributed by atoms with Gasteiger partial charge in [0.1, 0.15) is 16.4 Å². The summed E-state index contributed by atoms with van der Waals surface area (Å²) in [5, 5.41) is 9.54. The maximum absolute atomic E-state index is 12.5. The van der Waals surface area contributed by atoms with Crippen molar-refractivity contribution in [3.05, 3.63) is 48.0 Å². The fourth-order valence-corrected chi connectivity index (χ4v) is 3.15. The normalized spacial score (nSPS) is 13.1. The quantitative estimate of drug-likeness (QED) is 0.557. The first kappa shape index (κ1) is 20.8. The molecular weight excluding hydrogens is 389 g/mol. The van der Waals surface area contributed by atoms with Gasteiger partial charge in [0.15, 0.2) is 12.0 Å². The Morgan fingerprint density at radius 2 is 1.74 bits per heavy atom. The summed E-state index contributed by atoms with van der Waals surface area (Å²) < 4.78 is 76.3. The van der Waals surface area contributed by atoms with E-state index in [2.05, 4.69) is 4.74 Å². The molecule has 6 nitrogen and oxygen atoms in total. The maximum atomic E-state index is 12.5. The molecule has 0 saturated heterocycles. The van der Waals surface area contributed by atoms with Crippen molar-refractivity contribution >= 4 is 10.1 Å². The van der Waals surface area contributed by atoms with Crippen molar-refractivity contribution in [3.63, 3.8) is 0 Å². The fraction of sp³-hybridized carbons (Fsp3) is 0.294. The Hall–Kier alpha value is -2.46. The van der Waals surface area contributed by atoms with Crippen LogP contribution in [0.1, 0.15) is 18.9 Å². The first-order chi connectivity index (χ1) is 12.5. The van der Waals surface area contributed by atoms with Crippen LogP contribution >= 0.6 is 0 Å². The van der Waals surface area contributed by atoms with Crippen LogP contribution in [0.15, 0.2) is 47.4 Å². The predicted octanol–water partition coefficient (Wildman–Crippen LogP) is 3.77. The number of hydrogen-bond donors (Lipinski definition) is 1. The van der Waals surface area contributed by atoms with Gasteiger partial charge in [-0.3, -0.25) is 0 Å². The zero-order chi connectivity index (χ0) is 20.2. The van der Waals surface area contributed by atoms with E-state index in [9.17, 15) is 26.7 Å². The second-order valence-corrected chi connectivity index (χ2v) is 7.01. The lowest BCUT2D eigenvalue weighted by Gasteiger charge is -2.15. The SMILES string of the molecule is CCC(O)Oc1cc(C)cc(OS(=O)(=O)c2ccccc2OC(F)(F)F)c1. The van der Waals surface area contributed by atoms with Crippen LogP contribution in [0.25, 0.3) is 0 Å². The van der Waals surface area contributed by atoms with Gasteiger partial charge in [0.25, 0.3) is 0 Å². The molecule has 0 aliphatic rings. The van der Waals surface area contributed by atoms with Crippen LogP contribution in [-0.4, -0.2) is 26.2 Å². The zero-order valence-corrected chi connectivity index (χ0v) is 15.2. The molecule has 0 radical (unpaired) electrons. The van der Waals surface area contributed by atoms with Gasteiger partial charge in [0.2, 0.25) is 0 Å². The van der Waals surface area contributed by atoms with Crippen LogP contribution in [0.4, 0.5) is 13.2 Å². The summed E-state index contributed by atoms with van der Waals surface area (Å²) >= 11 is 0. The number of hydrogen-bond acceptors (Lipinski definition) is 6.